The third-order valence-corrected chi connectivity index (χ3v) is 1.66. The van der Waals surface area contributed by atoms with Gasteiger partial charge in [-0.05, 0) is 6.42 Å². The van der Waals surface area contributed by atoms with Crippen molar-refractivity contribution in [3.63, 3.8) is 0 Å². The van der Waals surface area contributed by atoms with Crippen molar-refractivity contribution in [3.8, 4) is 0 Å². The van der Waals surface area contributed by atoms with Gasteiger partial charge in [0.1, 0.15) is 0 Å². The molecule has 0 aliphatic carbocycles. The predicted molar refractivity (Wildman–Crippen MR) is 48.2 cm³/mol. The van der Waals surface area contributed by atoms with Gasteiger partial charge in [-0.2, -0.15) is 0 Å². The Kier molecular flexibility index (Phi) is 8.88. The molecule has 0 aromatic carbocycles. The number of methoxy groups -OCH3 is 1. The first-order valence-corrected chi connectivity index (χ1v) is 4.52. The van der Waals surface area contributed by atoms with Crippen LogP contribution in [0.3, 0.4) is 0 Å². The lowest BCUT2D eigenvalue weighted by Gasteiger charge is -2.12. The summed E-state index contributed by atoms with van der Waals surface area (Å²) in [4.78, 5) is 0. The summed E-state index contributed by atoms with van der Waals surface area (Å²) >= 11 is 0. The van der Waals surface area contributed by atoms with Gasteiger partial charge in [-0.3, -0.25) is 0 Å². The average Bonchev–Trinajstić information content (AvgIpc) is 2.10. The van der Waals surface area contributed by atoms with Crippen LogP contribution in [0.4, 0.5) is 0 Å². The van der Waals surface area contributed by atoms with Crippen LogP contribution in [-0.2, 0) is 9.47 Å². The van der Waals surface area contributed by atoms with Gasteiger partial charge >= 0.3 is 0 Å². The van der Waals surface area contributed by atoms with E-state index in [2.05, 4.69) is 6.92 Å². The van der Waals surface area contributed by atoms with Crippen LogP contribution in [0.15, 0.2) is 0 Å². The molecule has 0 radical (unpaired) electrons. The molecule has 74 valence electrons. The molecule has 3 nitrogen and oxygen atoms in total. The molecule has 0 aliphatic heterocycles. The number of hydrogen-bond acceptors (Lipinski definition) is 3. The molecule has 0 aromatic rings. The minimum Gasteiger partial charge on any atom is -0.396 e. The van der Waals surface area contributed by atoms with Crippen LogP contribution in [-0.4, -0.2) is 38.6 Å². The lowest BCUT2D eigenvalue weighted by Crippen LogP contribution is -2.19. The summed E-state index contributed by atoms with van der Waals surface area (Å²) in [6.45, 7) is 4.23. The van der Waals surface area contributed by atoms with Crippen molar-refractivity contribution < 1.29 is 14.6 Å². The summed E-state index contributed by atoms with van der Waals surface area (Å²) in [5.41, 5.74) is 0. The Morgan fingerprint density at radius 2 is 2.08 bits per heavy atom. The molecule has 0 bridgehead atoms. The zero-order chi connectivity index (χ0) is 9.23. The average molecular weight is 176 g/mol. The molecule has 0 saturated heterocycles. The molecule has 0 fully saturated rings. The molecule has 12 heavy (non-hydrogen) atoms. The summed E-state index contributed by atoms with van der Waals surface area (Å²) in [6, 6.07) is 0. The second-order valence-electron chi connectivity index (χ2n) is 2.93. The maximum Gasteiger partial charge on any atom is 0.0538 e. The highest BCUT2D eigenvalue weighted by molar-refractivity contribution is 4.53. The zero-order valence-corrected chi connectivity index (χ0v) is 8.08. The maximum atomic E-state index is 8.85. The Morgan fingerprint density at radius 1 is 1.33 bits per heavy atom. The van der Waals surface area contributed by atoms with Crippen LogP contribution in [0.25, 0.3) is 0 Å². The molecule has 0 amide bonds. The molecule has 0 rings (SSSR count). The SMILES string of the molecule is CCCCOCC(CO)COC. The summed E-state index contributed by atoms with van der Waals surface area (Å²) in [6.07, 6.45) is 2.24. The van der Waals surface area contributed by atoms with Gasteiger partial charge in [-0.25, -0.2) is 0 Å². The Labute approximate surface area is 74.7 Å². The predicted octanol–water partition coefficient (Wildman–Crippen LogP) is 1.06. The van der Waals surface area contributed by atoms with Crippen molar-refractivity contribution in [2.45, 2.75) is 19.8 Å². The molecule has 1 unspecified atom stereocenters. The lowest BCUT2D eigenvalue weighted by atomic mass is 10.2. The Morgan fingerprint density at radius 3 is 2.58 bits per heavy atom. The first-order valence-electron chi connectivity index (χ1n) is 4.52. The van der Waals surface area contributed by atoms with Crippen molar-refractivity contribution in [1.82, 2.24) is 0 Å². The van der Waals surface area contributed by atoms with E-state index in [4.69, 9.17) is 14.6 Å². The number of rotatable bonds is 8. The topological polar surface area (TPSA) is 38.7 Å². The largest absolute Gasteiger partial charge is 0.396 e. The minimum atomic E-state index is 0.131. The van der Waals surface area contributed by atoms with Gasteiger partial charge in [-0.15, -0.1) is 0 Å². The van der Waals surface area contributed by atoms with Gasteiger partial charge in [0.05, 0.1) is 19.8 Å². The molecule has 0 aromatic heterocycles. The highest BCUT2D eigenvalue weighted by Gasteiger charge is 2.05. The van der Waals surface area contributed by atoms with E-state index in [1.165, 1.54) is 0 Å². The highest BCUT2D eigenvalue weighted by Crippen LogP contribution is 1.98. The van der Waals surface area contributed by atoms with E-state index in [1.54, 1.807) is 7.11 Å². The number of hydrogen-bond donors (Lipinski definition) is 1. The molecule has 3 heteroatoms. The van der Waals surface area contributed by atoms with E-state index >= 15 is 0 Å². The monoisotopic (exact) mass is 176 g/mol. The molecule has 0 spiro atoms. The zero-order valence-electron chi connectivity index (χ0n) is 8.08. The van der Waals surface area contributed by atoms with Gasteiger partial charge < -0.3 is 14.6 Å². The first-order chi connectivity index (χ1) is 5.85. The summed E-state index contributed by atoms with van der Waals surface area (Å²) in [5, 5.41) is 8.85. The molecular formula is C9H20O3. The molecule has 1 atom stereocenters. The number of unbranched alkanes of at least 4 members (excludes halogenated alkanes) is 1. The number of aliphatic hydroxyl groups is 1. The summed E-state index contributed by atoms with van der Waals surface area (Å²) in [5.74, 6) is 0.131. The fourth-order valence-corrected chi connectivity index (χ4v) is 0.886. The van der Waals surface area contributed by atoms with Crippen LogP contribution in [0.2, 0.25) is 0 Å². The van der Waals surface area contributed by atoms with Gasteiger partial charge in [0, 0.05) is 19.6 Å². The van der Waals surface area contributed by atoms with Crippen LogP contribution in [0.1, 0.15) is 19.8 Å². The third-order valence-electron chi connectivity index (χ3n) is 1.66. The fourth-order valence-electron chi connectivity index (χ4n) is 0.886. The molecule has 1 N–H and O–H groups in total. The standard InChI is InChI=1S/C9H20O3/c1-3-4-5-12-8-9(6-10)7-11-2/h9-10H,3-8H2,1-2H3. The normalized spacial score (nSPS) is 13.2. The van der Waals surface area contributed by atoms with Crippen molar-refractivity contribution in [3.05, 3.63) is 0 Å². The quantitative estimate of drug-likeness (QED) is 0.562. The van der Waals surface area contributed by atoms with E-state index < -0.39 is 0 Å². The van der Waals surface area contributed by atoms with Crippen molar-refractivity contribution in [2.24, 2.45) is 5.92 Å². The van der Waals surface area contributed by atoms with Gasteiger partial charge in [-0.1, -0.05) is 13.3 Å². The van der Waals surface area contributed by atoms with Crippen molar-refractivity contribution in [2.75, 3.05) is 33.5 Å². The Hall–Kier alpha value is -0.120. The molecular weight excluding hydrogens is 156 g/mol. The third kappa shape index (κ3) is 6.58. The Balaban J connectivity index is 3.19. The van der Waals surface area contributed by atoms with Gasteiger partial charge in [0.2, 0.25) is 0 Å². The Bertz CT molecular complexity index is 85.8. The second kappa shape index (κ2) is 8.97. The first kappa shape index (κ1) is 11.9. The van der Waals surface area contributed by atoms with Gasteiger partial charge in [0.15, 0.2) is 0 Å². The number of aliphatic hydroxyl groups excluding tert-OH is 1. The smallest absolute Gasteiger partial charge is 0.0538 e. The molecule has 0 heterocycles. The number of ether oxygens (including phenoxy) is 2. The van der Waals surface area contributed by atoms with Crippen molar-refractivity contribution in [1.29, 1.82) is 0 Å². The van der Waals surface area contributed by atoms with E-state index in [-0.39, 0.29) is 12.5 Å². The van der Waals surface area contributed by atoms with Crippen LogP contribution in [0, 0.1) is 5.92 Å². The summed E-state index contributed by atoms with van der Waals surface area (Å²) < 4.78 is 10.3. The van der Waals surface area contributed by atoms with Crippen LogP contribution in [0.5, 0.6) is 0 Å². The fraction of sp³-hybridized carbons (Fsp3) is 1.00. The highest BCUT2D eigenvalue weighted by atomic mass is 16.5. The minimum absolute atomic E-state index is 0.131. The van der Waals surface area contributed by atoms with E-state index in [0.717, 1.165) is 19.4 Å². The molecule has 0 aliphatic rings. The maximum absolute atomic E-state index is 8.85. The van der Waals surface area contributed by atoms with Crippen LogP contribution < -0.4 is 0 Å². The molecule has 0 saturated carbocycles. The van der Waals surface area contributed by atoms with Crippen LogP contribution >= 0.6 is 0 Å². The van der Waals surface area contributed by atoms with Crippen molar-refractivity contribution >= 4 is 0 Å². The van der Waals surface area contributed by atoms with Gasteiger partial charge in [0.25, 0.3) is 0 Å². The van der Waals surface area contributed by atoms with E-state index in [0.29, 0.717) is 13.2 Å². The second-order valence-corrected chi connectivity index (χ2v) is 2.93. The van der Waals surface area contributed by atoms with E-state index in [1.807, 2.05) is 0 Å². The summed E-state index contributed by atoms with van der Waals surface area (Å²) in [7, 11) is 1.63. The lowest BCUT2D eigenvalue weighted by molar-refractivity contribution is 0.0305. The van der Waals surface area contributed by atoms with E-state index in [9.17, 15) is 0 Å².